The molecule has 0 fully saturated rings. The molecule has 16 heteroatoms. The summed E-state index contributed by atoms with van der Waals surface area (Å²) in [4.78, 5) is 44.5. The molecule has 0 bridgehead atoms. The van der Waals surface area contributed by atoms with Crippen LogP contribution in [0.4, 0.5) is 4.79 Å². The molecular formula is C32H30ClN7O8. The molecule has 15 nitrogen and oxygen atoms in total. The second-order valence-electron chi connectivity index (χ2n) is 10.5. The quantitative estimate of drug-likeness (QED) is 0.0780. The number of tetrazole rings is 1. The van der Waals surface area contributed by atoms with Gasteiger partial charge < -0.3 is 24.0 Å². The Labute approximate surface area is 278 Å². The summed E-state index contributed by atoms with van der Waals surface area (Å²) in [6.45, 7) is 1.51. The zero-order chi connectivity index (χ0) is 34.0. The van der Waals surface area contributed by atoms with Crippen molar-refractivity contribution in [2.24, 2.45) is 0 Å². The summed E-state index contributed by atoms with van der Waals surface area (Å²) in [6.07, 6.45) is 1.42. The monoisotopic (exact) mass is 675 g/mol. The number of carbonyl (C=O) groups is 2. The van der Waals surface area contributed by atoms with Gasteiger partial charge in [0.05, 0.1) is 0 Å². The second-order valence-corrected chi connectivity index (χ2v) is 10.8. The Morgan fingerprint density at radius 2 is 1.65 bits per heavy atom. The summed E-state index contributed by atoms with van der Waals surface area (Å²) in [5, 5.41) is 31.8. The largest absolute Gasteiger partial charge is 0.510 e. The first kappa shape index (κ1) is 33.5. The van der Waals surface area contributed by atoms with Crippen LogP contribution < -0.4 is 0 Å². The summed E-state index contributed by atoms with van der Waals surface area (Å²) in [5.41, 5.74) is 4.22. The van der Waals surface area contributed by atoms with Crippen molar-refractivity contribution >= 4 is 23.7 Å². The number of aryl methyl sites for hydroxylation is 1. The third-order valence-electron chi connectivity index (χ3n) is 7.27. The van der Waals surface area contributed by atoms with Crippen LogP contribution in [0.1, 0.15) is 52.8 Å². The molecule has 48 heavy (non-hydrogen) atoms. The molecule has 1 N–H and O–H groups in total. The number of ether oxygens (including phenoxy) is 2. The summed E-state index contributed by atoms with van der Waals surface area (Å²) in [7, 11) is 0. The van der Waals surface area contributed by atoms with Gasteiger partial charge in [-0.1, -0.05) is 97.7 Å². The molecule has 248 valence electrons. The number of carbonyl (C=O) groups excluding carboxylic acids is 1. The van der Waals surface area contributed by atoms with E-state index in [0.29, 0.717) is 41.3 Å². The predicted molar refractivity (Wildman–Crippen MR) is 170 cm³/mol. The Balaban J connectivity index is 1.23. The minimum atomic E-state index is -1.13. The van der Waals surface area contributed by atoms with Gasteiger partial charge in [-0.2, -0.15) is 0 Å². The molecule has 0 saturated carbocycles. The van der Waals surface area contributed by atoms with Gasteiger partial charge in [0.2, 0.25) is 12.6 Å². The second kappa shape index (κ2) is 15.6. The average molecular weight is 676 g/mol. The number of carboxylic acid groups (broad SMARTS) is 1. The van der Waals surface area contributed by atoms with Crippen LogP contribution in [0, 0.1) is 10.1 Å². The number of aromatic carboxylic acids is 1. The summed E-state index contributed by atoms with van der Waals surface area (Å²) in [5.74, 6) is -0.204. The molecule has 0 aliphatic carbocycles. The van der Waals surface area contributed by atoms with Crippen LogP contribution in [0.3, 0.4) is 0 Å². The molecule has 0 spiro atoms. The number of halogens is 1. The molecule has 0 saturated heterocycles. The lowest BCUT2D eigenvalue weighted by Crippen LogP contribution is -2.14. The molecule has 5 rings (SSSR count). The van der Waals surface area contributed by atoms with Crippen molar-refractivity contribution < 1.29 is 34.1 Å². The van der Waals surface area contributed by atoms with Crippen molar-refractivity contribution in [1.29, 1.82) is 0 Å². The van der Waals surface area contributed by atoms with Crippen molar-refractivity contribution in [1.82, 2.24) is 29.8 Å². The van der Waals surface area contributed by atoms with E-state index in [2.05, 4.69) is 32.2 Å². The van der Waals surface area contributed by atoms with Crippen LogP contribution in [0.25, 0.3) is 22.5 Å². The fourth-order valence-corrected chi connectivity index (χ4v) is 5.21. The lowest BCUT2D eigenvalue weighted by atomic mass is 9.98. The molecule has 3 aromatic carbocycles. The number of aromatic nitrogens is 6. The number of rotatable bonds is 15. The van der Waals surface area contributed by atoms with E-state index in [9.17, 15) is 24.8 Å². The number of unbranched alkanes of at least 4 members (excludes halogenated alkanes) is 1. The number of hydrogen-bond donors (Lipinski definition) is 1. The van der Waals surface area contributed by atoms with E-state index in [0.717, 1.165) is 34.3 Å². The first-order valence-electron chi connectivity index (χ1n) is 14.8. The molecule has 0 unspecified atom stereocenters. The topological polar surface area (TPSA) is 187 Å². The van der Waals surface area contributed by atoms with Crippen molar-refractivity contribution in [3.8, 4) is 22.5 Å². The van der Waals surface area contributed by atoms with E-state index < -0.39 is 17.2 Å². The molecule has 5 aromatic rings. The number of benzene rings is 3. The predicted octanol–water partition coefficient (Wildman–Crippen LogP) is 5.97. The highest BCUT2D eigenvalue weighted by Crippen LogP contribution is 2.30. The minimum absolute atomic E-state index is 0.0225. The maximum Gasteiger partial charge on any atom is 0.510 e. The van der Waals surface area contributed by atoms with Gasteiger partial charge in [0, 0.05) is 18.5 Å². The number of nitrogens with zero attached hydrogens (tertiary/aromatic N) is 7. The highest BCUT2D eigenvalue weighted by molar-refractivity contribution is 6.32. The van der Waals surface area contributed by atoms with Gasteiger partial charge in [-0.25, -0.2) is 14.6 Å². The van der Waals surface area contributed by atoms with Crippen molar-refractivity contribution in [3.63, 3.8) is 0 Å². The maximum atomic E-state index is 12.2. The van der Waals surface area contributed by atoms with Crippen LogP contribution in [-0.4, -0.2) is 52.1 Å². The van der Waals surface area contributed by atoms with E-state index in [1.165, 1.54) is 0 Å². The van der Waals surface area contributed by atoms with Gasteiger partial charge in [-0.3, -0.25) is 0 Å². The van der Waals surface area contributed by atoms with E-state index in [1.54, 1.807) is 28.8 Å². The lowest BCUT2D eigenvalue weighted by Gasteiger charge is -2.12. The smallest absolute Gasteiger partial charge is 0.476 e. The zero-order valence-corrected chi connectivity index (χ0v) is 26.4. The molecule has 0 aliphatic rings. The van der Waals surface area contributed by atoms with Gasteiger partial charge in [-0.05, 0) is 39.5 Å². The Kier molecular flexibility index (Phi) is 10.9. The Morgan fingerprint density at radius 1 is 0.958 bits per heavy atom. The molecule has 0 amide bonds. The number of hydrogen-bond acceptors (Lipinski definition) is 11. The fourth-order valence-electron chi connectivity index (χ4n) is 4.92. The van der Waals surface area contributed by atoms with Crippen LogP contribution >= 0.6 is 11.6 Å². The molecule has 2 aromatic heterocycles. The van der Waals surface area contributed by atoms with E-state index in [-0.39, 0.29) is 30.8 Å². The fraction of sp³-hybridized carbons (Fsp3) is 0.250. The third kappa shape index (κ3) is 8.30. The third-order valence-corrected chi connectivity index (χ3v) is 7.54. The summed E-state index contributed by atoms with van der Waals surface area (Å²) < 4.78 is 11.9. The van der Waals surface area contributed by atoms with Crippen LogP contribution in [0.15, 0.2) is 72.8 Å². The Morgan fingerprint density at radius 3 is 2.33 bits per heavy atom. The zero-order valence-electron chi connectivity index (χ0n) is 25.7. The first-order valence-corrected chi connectivity index (χ1v) is 15.2. The summed E-state index contributed by atoms with van der Waals surface area (Å²) >= 11 is 6.18. The first-order chi connectivity index (χ1) is 23.2. The normalized spacial score (nSPS) is 10.9. The van der Waals surface area contributed by atoms with Crippen molar-refractivity contribution in [2.75, 3.05) is 0 Å². The Hall–Kier alpha value is -5.83. The number of imidazole rings is 1. The van der Waals surface area contributed by atoms with E-state index in [4.69, 9.17) is 21.1 Å². The van der Waals surface area contributed by atoms with E-state index in [1.807, 2.05) is 48.5 Å². The van der Waals surface area contributed by atoms with Gasteiger partial charge in [-0.15, -0.1) is 25.1 Å². The van der Waals surface area contributed by atoms with Crippen LogP contribution in [0.5, 0.6) is 0 Å². The molecule has 0 atom stereocenters. The van der Waals surface area contributed by atoms with Gasteiger partial charge in [0.15, 0.2) is 10.8 Å². The van der Waals surface area contributed by atoms with Crippen LogP contribution in [0.2, 0.25) is 5.15 Å². The van der Waals surface area contributed by atoms with E-state index >= 15 is 0 Å². The maximum absolute atomic E-state index is 12.2. The Bertz CT molecular complexity index is 1910. The highest BCUT2D eigenvalue weighted by atomic mass is 35.5. The average Bonchev–Trinajstić information content (AvgIpc) is 3.69. The van der Waals surface area contributed by atoms with Crippen LogP contribution in [-0.2, 0) is 47.2 Å². The number of carboxylic acids is 1. The molecular weight excluding hydrogens is 646 g/mol. The summed E-state index contributed by atoms with van der Waals surface area (Å²) in [6, 6.07) is 21.8. The van der Waals surface area contributed by atoms with Gasteiger partial charge in [0.1, 0.15) is 19.0 Å². The molecule has 0 radical (unpaired) electrons. The van der Waals surface area contributed by atoms with Gasteiger partial charge >= 0.3 is 12.1 Å². The highest BCUT2D eigenvalue weighted by Gasteiger charge is 2.22. The standard InChI is InChI=1S/C32H30ClN7O8/c1-2-3-12-27-34-29(33)28(31(41)42)38(27)17-21-13-15-22(16-14-21)25-10-6-7-11-26(25)30-35-37-39(36-30)20-47-32(43)46-18-23-8-4-5-9-24(23)19-48-40(44)45/h4-11,13-16H,2-3,12,17-20H2,1H3,(H,41,42). The minimum Gasteiger partial charge on any atom is -0.476 e. The van der Waals surface area contributed by atoms with Gasteiger partial charge in [0.25, 0.3) is 5.09 Å². The molecule has 0 aliphatic heterocycles. The molecule has 2 heterocycles. The SMILES string of the molecule is CCCCc1nc(Cl)c(C(=O)O)n1Cc1ccc(-c2ccccc2-c2nnn(COC(=O)OCc3ccccc3CO[N+](=O)[O-])n2)cc1. The lowest BCUT2D eigenvalue weighted by molar-refractivity contribution is -0.763. The van der Waals surface area contributed by atoms with Crippen molar-refractivity contribution in [3.05, 3.63) is 116 Å². The van der Waals surface area contributed by atoms with Crippen molar-refractivity contribution in [2.45, 2.75) is 52.7 Å².